The lowest BCUT2D eigenvalue weighted by molar-refractivity contribution is 0.478. The van der Waals surface area contributed by atoms with Crippen LogP contribution in [0, 0.1) is 11.3 Å². The molecule has 9 heteroatoms. The smallest absolute Gasteiger partial charge is 0.269 e. The molecule has 0 bridgehead atoms. The molecule has 3 aromatic carbocycles. The molecular formula is C28H26N4O4S. The van der Waals surface area contributed by atoms with E-state index < -0.39 is 15.9 Å². The molecule has 8 nitrogen and oxygen atoms in total. The quantitative estimate of drug-likeness (QED) is 0.209. The first-order chi connectivity index (χ1) is 17.6. The fourth-order valence-corrected chi connectivity index (χ4v) is 4.54. The molecule has 0 aliphatic carbocycles. The second-order valence-electron chi connectivity index (χ2n) is 8.82. The fraction of sp³-hybridized carbons (Fsp3) is 0.179. The highest BCUT2D eigenvalue weighted by atomic mass is 32.2. The van der Waals surface area contributed by atoms with Gasteiger partial charge in [-0.1, -0.05) is 42.5 Å². The Bertz CT molecular complexity index is 1670. The number of nitriles is 1. The highest BCUT2D eigenvalue weighted by Gasteiger charge is 2.10. The first-order valence-corrected chi connectivity index (χ1v) is 13.2. The molecule has 0 aliphatic rings. The summed E-state index contributed by atoms with van der Waals surface area (Å²) in [6.07, 6.45) is 3.17. The zero-order valence-electron chi connectivity index (χ0n) is 20.5. The molecule has 0 amide bonds. The molecule has 0 saturated heterocycles. The topological polar surface area (TPSA) is 116 Å². The van der Waals surface area contributed by atoms with Crippen molar-refractivity contribution < 1.29 is 13.0 Å². The lowest BCUT2D eigenvalue weighted by Gasteiger charge is -2.12. The zero-order valence-corrected chi connectivity index (χ0v) is 21.3. The number of aryl methyl sites for hydroxylation is 1. The van der Waals surface area contributed by atoms with Crippen LogP contribution in [0.1, 0.15) is 17.5 Å². The molecule has 0 fully saturated rings. The highest BCUT2D eigenvalue weighted by molar-refractivity contribution is 7.85. The Hall–Kier alpha value is -4.26. The van der Waals surface area contributed by atoms with Crippen LogP contribution in [0.3, 0.4) is 0 Å². The molecule has 0 atom stereocenters. The van der Waals surface area contributed by atoms with E-state index in [0.29, 0.717) is 16.6 Å². The number of aromatic nitrogens is 2. The average molecular weight is 515 g/mol. The Morgan fingerprint density at radius 2 is 1.73 bits per heavy atom. The molecule has 0 spiro atoms. The van der Waals surface area contributed by atoms with Crippen LogP contribution in [-0.2, 0) is 16.7 Å². The van der Waals surface area contributed by atoms with Crippen LogP contribution in [-0.4, -0.2) is 42.4 Å². The Labute approximate surface area is 215 Å². The van der Waals surface area contributed by atoms with Crippen LogP contribution >= 0.6 is 0 Å². The van der Waals surface area contributed by atoms with Crippen molar-refractivity contribution in [1.82, 2.24) is 9.55 Å². The van der Waals surface area contributed by atoms with Gasteiger partial charge in [0.15, 0.2) is 0 Å². The number of hydrogen-bond donors (Lipinski definition) is 1. The molecule has 188 valence electrons. The Morgan fingerprint density at radius 3 is 2.35 bits per heavy atom. The van der Waals surface area contributed by atoms with Gasteiger partial charge in [0.25, 0.3) is 15.7 Å². The van der Waals surface area contributed by atoms with E-state index in [1.165, 1.54) is 10.8 Å². The number of fused-ring (bicyclic) bond motifs is 1. The number of nitrogens with zero attached hydrogens (tertiary/aromatic N) is 4. The van der Waals surface area contributed by atoms with Gasteiger partial charge in [0.2, 0.25) is 0 Å². The molecule has 1 heterocycles. The van der Waals surface area contributed by atoms with E-state index in [0.717, 1.165) is 27.9 Å². The van der Waals surface area contributed by atoms with E-state index in [1.54, 1.807) is 6.07 Å². The maximum atomic E-state index is 12.3. The zero-order chi connectivity index (χ0) is 26.6. The predicted octanol–water partition coefficient (Wildman–Crippen LogP) is 4.47. The van der Waals surface area contributed by atoms with Gasteiger partial charge in [0, 0.05) is 26.3 Å². The van der Waals surface area contributed by atoms with Gasteiger partial charge in [-0.3, -0.25) is 9.35 Å². The lowest BCUT2D eigenvalue weighted by atomic mass is 9.99. The first-order valence-electron chi connectivity index (χ1n) is 11.6. The average Bonchev–Trinajstić information content (AvgIpc) is 2.88. The molecule has 1 aromatic heterocycles. The fourth-order valence-electron chi connectivity index (χ4n) is 4.04. The van der Waals surface area contributed by atoms with Crippen molar-refractivity contribution in [2.45, 2.75) is 13.0 Å². The van der Waals surface area contributed by atoms with Crippen LogP contribution in [0.15, 0.2) is 77.7 Å². The SMILES string of the molecule is CN(C)c1ccc(C=C(C#N)c2ccc(-c3ccc4c(c3)ncc(=O)n4CCCS(=O)(=O)O)cc2)cc1. The number of hydrogen-bond acceptors (Lipinski definition) is 6. The van der Waals surface area contributed by atoms with E-state index in [1.807, 2.05) is 85.7 Å². The maximum Gasteiger partial charge on any atom is 0.269 e. The van der Waals surface area contributed by atoms with E-state index in [4.69, 9.17) is 4.55 Å². The van der Waals surface area contributed by atoms with Gasteiger partial charge in [-0.15, -0.1) is 0 Å². The van der Waals surface area contributed by atoms with Gasteiger partial charge in [-0.25, -0.2) is 4.98 Å². The summed E-state index contributed by atoms with van der Waals surface area (Å²) in [7, 11) is -0.140. The molecule has 0 saturated carbocycles. The third-order valence-electron chi connectivity index (χ3n) is 6.00. The summed E-state index contributed by atoms with van der Waals surface area (Å²) in [5, 5.41) is 9.73. The summed E-state index contributed by atoms with van der Waals surface area (Å²) in [5.74, 6) is -0.422. The summed E-state index contributed by atoms with van der Waals surface area (Å²) in [6, 6.07) is 23.4. The Kier molecular flexibility index (Phi) is 7.53. The van der Waals surface area contributed by atoms with Crippen LogP contribution in [0.5, 0.6) is 0 Å². The van der Waals surface area contributed by atoms with E-state index >= 15 is 0 Å². The summed E-state index contributed by atoms with van der Waals surface area (Å²) in [6.45, 7) is 0.146. The Morgan fingerprint density at radius 1 is 1.05 bits per heavy atom. The molecule has 0 radical (unpaired) electrons. The molecular weight excluding hydrogens is 488 g/mol. The number of anilines is 1. The van der Waals surface area contributed by atoms with Gasteiger partial charge < -0.3 is 9.47 Å². The van der Waals surface area contributed by atoms with Crippen molar-refractivity contribution in [2.75, 3.05) is 24.7 Å². The van der Waals surface area contributed by atoms with Gasteiger partial charge >= 0.3 is 0 Å². The van der Waals surface area contributed by atoms with Crippen molar-refractivity contribution in [3.05, 3.63) is 94.4 Å². The summed E-state index contributed by atoms with van der Waals surface area (Å²) in [5.41, 5.74) is 6.01. The molecule has 4 aromatic rings. The lowest BCUT2D eigenvalue weighted by Crippen LogP contribution is -2.22. The van der Waals surface area contributed by atoms with Crippen molar-refractivity contribution in [2.24, 2.45) is 0 Å². The third kappa shape index (κ3) is 6.30. The predicted molar refractivity (Wildman–Crippen MR) is 147 cm³/mol. The summed E-state index contributed by atoms with van der Waals surface area (Å²) < 4.78 is 32.4. The second kappa shape index (κ2) is 10.8. The maximum absolute atomic E-state index is 12.3. The standard InChI is InChI=1S/C28H26N4O4S/c1-31(2)25-11-4-20(5-12-25)16-24(18-29)22-8-6-21(7-9-22)23-10-13-27-26(17-23)30-19-28(33)32(27)14-3-15-37(34,35)36/h4-13,16-17,19H,3,14-15H2,1-2H3,(H,34,35,36). The van der Waals surface area contributed by atoms with E-state index in [9.17, 15) is 18.5 Å². The third-order valence-corrected chi connectivity index (χ3v) is 6.81. The van der Waals surface area contributed by atoms with Gasteiger partial charge in [-0.05, 0) is 59.0 Å². The molecule has 0 aliphatic heterocycles. The monoisotopic (exact) mass is 514 g/mol. The summed E-state index contributed by atoms with van der Waals surface area (Å²) >= 11 is 0. The van der Waals surface area contributed by atoms with Crippen molar-refractivity contribution in [3.63, 3.8) is 0 Å². The van der Waals surface area contributed by atoms with Gasteiger partial charge in [-0.2, -0.15) is 13.7 Å². The van der Waals surface area contributed by atoms with Gasteiger partial charge in [0.05, 0.1) is 34.6 Å². The van der Waals surface area contributed by atoms with Crippen LogP contribution in [0.25, 0.3) is 33.8 Å². The van der Waals surface area contributed by atoms with Crippen molar-refractivity contribution in [1.29, 1.82) is 5.26 Å². The number of benzene rings is 3. The molecule has 1 N–H and O–H groups in total. The van der Waals surface area contributed by atoms with Crippen LogP contribution in [0.2, 0.25) is 0 Å². The summed E-state index contributed by atoms with van der Waals surface area (Å²) in [4.78, 5) is 18.6. The van der Waals surface area contributed by atoms with Crippen LogP contribution < -0.4 is 10.5 Å². The minimum Gasteiger partial charge on any atom is -0.378 e. The minimum atomic E-state index is -4.09. The number of rotatable bonds is 8. The highest BCUT2D eigenvalue weighted by Crippen LogP contribution is 2.26. The molecule has 4 rings (SSSR count). The first kappa shape index (κ1) is 25.8. The molecule has 37 heavy (non-hydrogen) atoms. The minimum absolute atomic E-state index is 0.107. The van der Waals surface area contributed by atoms with Crippen molar-refractivity contribution in [3.8, 4) is 17.2 Å². The largest absolute Gasteiger partial charge is 0.378 e. The van der Waals surface area contributed by atoms with E-state index in [-0.39, 0.29) is 18.5 Å². The van der Waals surface area contributed by atoms with Gasteiger partial charge in [0.1, 0.15) is 0 Å². The van der Waals surface area contributed by atoms with E-state index in [2.05, 4.69) is 11.1 Å². The second-order valence-corrected chi connectivity index (χ2v) is 10.4. The normalized spacial score (nSPS) is 11.9. The number of allylic oxidation sites excluding steroid dienone is 1. The Balaban J connectivity index is 1.59. The molecule has 0 unspecified atom stereocenters. The van der Waals surface area contributed by atoms with Crippen LogP contribution in [0.4, 0.5) is 5.69 Å². The van der Waals surface area contributed by atoms with Crippen molar-refractivity contribution >= 4 is 38.5 Å².